The smallest absolute Gasteiger partial charge is 0.0233 e. The molecule has 0 aliphatic carbocycles. The van der Waals surface area contributed by atoms with Gasteiger partial charge in [-0.25, -0.2) is 0 Å². The second kappa shape index (κ2) is 8.28. The minimum atomic E-state index is 0.660. The first-order chi connectivity index (χ1) is 11.3. The Hall–Kier alpha value is -1.64. The van der Waals surface area contributed by atoms with Gasteiger partial charge in [0.25, 0.3) is 0 Å². The Morgan fingerprint density at radius 3 is 2.17 bits per heavy atom. The average molecular weight is 308 g/mol. The lowest BCUT2D eigenvalue weighted by Crippen LogP contribution is -2.41. The number of benzene rings is 2. The quantitative estimate of drug-likeness (QED) is 0.867. The third kappa shape index (κ3) is 4.92. The second-order valence-electron chi connectivity index (χ2n) is 6.59. The van der Waals surface area contributed by atoms with Crippen molar-refractivity contribution in [1.82, 2.24) is 10.2 Å². The van der Waals surface area contributed by atoms with Crippen LogP contribution in [0.25, 0.3) is 0 Å². The van der Waals surface area contributed by atoms with Gasteiger partial charge in [0.15, 0.2) is 0 Å². The Balaban J connectivity index is 1.40. The van der Waals surface area contributed by atoms with Gasteiger partial charge in [-0.2, -0.15) is 0 Å². The van der Waals surface area contributed by atoms with Crippen molar-refractivity contribution < 1.29 is 0 Å². The molecule has 122 valence electrons. The Morgan fingerprint density at radius 1 is 0.870 bits per heavy atom. The topological polar surface area (TPSA) is 15.3 Å². The molecule has 1 fully saturated rings. The van der Waals surface area contributed by atoms with E-state index in [0.717, 1.165) is 19.5 Å². The molecule has 2 nitrogen and oxygen atoms in total. The highest BCUT2D eigenvalue weighted by Crippen LogP contribution is 2.14. The summed E-state index contributed by atoms with van der Waals surface area (Å²) < 4.78 is 0. The summed E-state index contributed by atoms with van der Waals surface area (Å²) in [5.74, 6) is 0. The maximum absolute atomic E-state index is 3.73. The van der Waals surface area contributed by atoms with E-state index < -0.39 is 0 Å². The van der Waals surface area contributed by atoms with Crippen LogP contribution in [0.3, 0.4) is 0 Å². The molecule has 1 N–H and O–H groups in total. The van der Waals surface area contributed by atoms with Crippen LogP contribution in [-0.2, 0) is 19.5 Å². The Labute approximate surface area is 140 Å². The van der Waals surface area contributed by atoms with Gasteiger partial charge in [0.2, 0.25) is 0 Å². The predicted octanol–water partition coefficient (Wildman–Crippen LogP) is 4.00. The average Bonchev–Trinajstić information content (AvgIpc) is 2.62. The van der Waals surface area contributed by atoms with E-state index >= 15 is 0 Å². The molecule has 2 heteroatoms. The molecule has 0 saturated carbocycles. The van der Waals surface area contributed by atoms with Gasteiger partial charge in [-0.1, -0.05) is 61.5 Å². The Kier molecular flexibility index (Phi) is 5.84. The van der Waals surface area contributed by atoms with Crippen LogP contribution in [0.2, 0.25) is 0 Å². The van der Waals surface area contributed by atoms with Crippen LogP contribution in [0.1, 0.15) is 36.5 Å². The molecule has 0 spiro atoms. The number of aryl methyl sites for hydroxylation is 1. The van der Waals surface area contributed by atoms with Crippen LogP contribution in [0.5, 0.6) is 0 Å². The summed E-state index contributed by atoms with van der Waals surface area (Å²) in [6, 6.07) is 20.5. The summed E-state index contributed by atoms with van der Waals surface area (Å²) in [5.41, 5.74) is 4.24. The predicted molar refractivity (Wildman–Crippen MR) is 97.4 cm³/mol. The van der Waals surface area contributed by atoms with E-state index in [1.807, 2.05) is 0 Å². The van der Waals surface area contributed by atoms with Crippen molar-refractivity contribution in [2.45, 2.75) is 45.3 Å². The van der Waals surface area contributed by atoms with E-state index in [0.29, 0.717) is 6.04 Å². The molecule has 1 aliphatic rings. The first-order valence-electron chi connectivity index (χ1n) is 8.91. The van der Waals surface area contributed by atoms with Crippen LogP contribution in [0.4, 0.5) is 0 Å². The van der Waals surface area contributed by atoms with E-state index in [-0.39, 0.29) is 0 Å². The highest BCUT2D eigenvalue weighted by molar-refractivity contribution is 5.22. The summed E-state index contributed by atoms with van der Waals surface area (Å²) in [6.07, 6.45) is 3.62. The molecule has 0 unspecified atom stereocenters. The molecule has 2 aromatic rings. The summed E-state index contributed by atoms with van der Waals surface area (Å²) >= 11 is 0. The van der Waals surface area contributed by atoms with Gasteiger partial charge in [0, 0.05) is 19.1 Å². The van der Waals surface area contributed by atoms with Gasteiger partial charge in [-0.15, -0.1) is 0 Å². The highest BCUT2D eigenvalue weighted by Gasteiger charge is 2.18. The molecule has 0 amide bonds. The van der Waals surface area contributed by atoms with Crippen molar-refractivity contribution in [3.05, 3.63) is 71.3 Å². The van der Waals surface area contributed by atoms with E-state index in [1.165, 1.54) is 42.6 Å². The van der Waals surface area contributed by atoms with E-state index in [9.17, 15) is 0 Å². The highest BCUT2D eigenvalue weighted by atomic mass is 15.1. The molecule has 1 heterocycles. The molecule has 1 saturated heterocycles. The standard InChI is InChI=1S/C21H28N2/c1-2-18-8-10-19(11-9-18)16-22-21-12-14-23(15-13-21)17-20-6-4-3-5-7-20/h3-11,21-22H,2,12-17H2,1H3. The third-order valence-electron chi connectivity index (χ3n) is 4.86. The minimum absolute atomic E-state index is 0.660. The molecular formula is C21H28N2. The largest absolute Gasteiger partial charge is 0.310 e. The van der Waals surface area contributed by atoms with Gasteiger partial charge in [0.1, 0.15) is 0 Å². The molecule has 2 aromatic carbocycles. The van der Waals surface area contributed by atoms with E-state index in [1.54, 1.807) is 0 Å². The van der Waals surface area contributed by atoms with Crippen molar-refractivity contribution in [1.29, 1.82) is 0 Å². The fraction of sp³-hybridized carbons (Fsp3) is 0.429. The van der Waals surface area contributed by atoms with Crippen molar-refractivity contribution in [3.8, 4) is 0 Å². The van der Waals surface area contributed by atoms with Gasteiger partial charge in [0.05, 0.1) is 0 Å². The third-order valence-corrected chi connectivity index (χ3v) is 4.86. The number of rotatable bonds is 6. The van der Waals surface area contributed by atoms with Crippen molar-refractivity contribution in [3.63, 3.8) is 0 Å². The van der Waals surface area contributed by atoms with Crippen LogP contribution in [0.15, 0.2) is 54.6 Å². The molecule has 3 rings (SSSR count). The van der Waals surface area contributed by atoms with Crippen LogP contribution in [-0.4, -0.2) is 24.0 Å². The molecule has 23 heavy (non-hydrogen) atoms. The van der Waals surface area contributed by atoms with Gasteiger partial charge in [-0.05, 0) is 49.0 Å². The van der Waals surface area contributed by atoms with Gasteiger partial charge in [-0.3, -0.25) is 4.90 Å². The molecule has 0 aromatic heterocycles. The lowest BCUT2D eigenvalue weighted by atomic mass is 10.0. The lowest BCUT2D eigenvalue weighted by molar-refractivity contribution is 0.190. The number of piperidine rings is 1. The van der Waals surface area contributed by atoms with Gasteiger partial charge < -0.3 is 5.32 Å². The number of nitrogens with zero attached hydrogens (tertiary/aromatic N) is 1. The molecule has 1 aliphatic heterocycles. The fourth-order valence-corrected chi connectivity index (χ4v) is 3.29. The van der Waals surface area contributed by atoms with Crippen molar-refractivity contribution in [2.75, 3.05) is 13.1 Å². The van der Waals surface area contributed by atoms with Crippen LogP contribution < -0.4 is 5.32 Å². The molecule has 0 radical (unpaired) electrons. The van der Waals surface area contributed by atoms with E-state index in [2.05, 4.69) is 71.7 Å². The maximum atomic E-state index is 3.73. The summed E-state index contributed by atoms with van der Waals surface area (Å²) in [5, 5.41) is 3.73. The Morgan fingerprint density at radius 2 is 1.52 bits per heavy atom. The summed E-state index contributed by atoms with van der Waals surface area (Å²) in [4.78, 5) is 2.57. The number of nitrogens with one attached hydrogen (secondary N) is 1. The molecule has 0 atom stereocenters. The van der Waals surface area contributed by atoms with E-state index in [4.69, 9.17) is 0 Å². The minimum Gasteiger partial charge on any atom is -0.310 e. The fourth-order valence-electron chi connectivity index (χ4n) is 3.29. The summed E-state index contributed by atoms with van der Waals surface area (Å²) in [7, 11) is 0. The zero-order valence-corrected chi connectivity index (χ0v) is 14.2. The monoisotopic (exact) mass is 308 g/mol. The Bertz CT molecular complexity index is 569. The normalized spacial score (nSPS) is 16.6. The number of likely N-dealkylation sites (tertiary alicyclic amines) is 1. The van der Waals surface area contributed by atoms with Crippen LogP contribution in [0, 0.1) is 0 Å². The molecular weight excluding hydrogens is 280 g/mol. The zero-order valence-electron chi connectivity index (χ0n) is 14.2. The maximum Gasteiger partial charge on any atom is 0.0233 e. The zero-order chi connectivity index (χ0) is 15.9. The summed E-state index contributed by atoms with van der Waals surface area (Å²) in [6.45, 7) is 6.68. The number of hydrogen-bond acceptors (Lipinski definition) is 2. The SMILES string of the molecule is CCc1ccc(CNC2CCN(Cc3ccccc3)CC2)cc1. The van der Waals surface area contributed by atoms with Crippen molar-refractivity contribution >= 4 is 0 Å². The van der Waals surface area contributed by atoms with Crippen molar-refractivity contribution in [2.24, 2.45) is 0 Å². The first kappa shape index (κ1) is 16.2. The second-order valence-corrected chi connectivity index (χ2v) is 6.59. The number of hydrogen-bond donors (Lipinski definition) is 1. The first-order valence-corrected chi connectivity index (χ1v) is 8.91. The lowest BCUT2D eigenvalue weighted by Gasteiger charge is -2.32. The van der Waals surface area contributed by atoms with Crippen LogP contribution >= 0.6 is 0 Å². The van der Waals surface area contributed by atoms with Gasteiger partial charge >= 0.3 is 0 Å². The molecule has 0 bridgehead atoms.